The Bertz CT molecular complexity index is 171. The summed E-state index contributed by atoms with van der Waals surface area (Å²) < 4.78 is 4.08. The van der Waals surface area contributed by atoms with Gasteiger partial charge < -0.3 is 9.94 Å². The summed E-state index contributed by atoms with van der Waals surface area (Å²) in [5.74, 6) is 2.70. The van der Waals surface area contributed by atoms with E-state index >= 15 is 0 Å². The number of allylic oxidation sites excluding steroid dienone is 1. The van der Waals surface area contributed by atoms with Gasteiger partial charge >= 0.3 is 11.9 Å². The van der Waals surface area contributed by atoms with E-state index in [1.54, 1.807) is 0 Å². The maximum absolute atomic E-state index is 10.0. The fourth-order valence-electron chi connectivity index (χ4n) is 0.433. The molecule has 5 heteroatoms. The lowest BCUT2D eigenvalue weighted by atomic mass is 10.4. The number of esters is 2. The molecule has 1 rings (SSSR count). The molecule has 0 amide bonds. The fourth-order valence-corrected chi connectivity index (χ4v) is 0.433. The van der Waals surface area contributed by atoms with Gasteiger partial charge in [-0.05, 0) is 13.8 Å². The van der Waals surface area contributed by atoms with Crippen molar-refractivity contribution in [3.8, 4) is 0 Å². The predicted molar refractivity (Wildman–Crippen MR) is 46.8 cm³/mol. The molecule has 76 valence electrons. The Morgan fingerprint density at radius 2 is 1.54 bits per heavy atom. The molecule has 0 unspecified atom stereocenters. The van der Waals surface area contributed by atoms with Crippen LogP contribution in [-0.4, -0.2) is 17.1 Å². The number of carbonyl (C=O) groups is 2. The number of nitrogens with two attached hydrogens (primary N) is 1. The van der Waals surface area contributed by atoms with Crippen LogP contribution in [0.15, 0.2) is 12.2 Å². The first-order valence-corrected chi connectivity index (χ1v) is 3.64. The van der Waals surface area contributed by atoms with Crippen LogP contribution < -0.4 is 5.90 Å². The van der Waals surface area contributed by atoms with Crippen molar-refractivity contribution in [2.45, 2.75) is 26.7 Å². The van der Waals surface area contributed by atoms with Crippen LogP contribution in [0.3, 0.4) is 0 Å². The molecule has 1 aliphatic heterocycles. The maximum Gasteiger partial charge on any atom is 0.314 e. The number of ether oxygens (including phenoxy) is 1. The average Bonchev–Trinajstić information content (AvgIpc) is 2.38. The summed E-state index contributed by atoms with van der Waals surface area (Å²) in [6, 6.07) is 0. The molecule has 0 saturated carbocycles. The lowest BCUT2D eigenvalue weighted by Crippen LogP contribution is -1.94. The summed E-state index contributed by atoms with van der Waals surface area (Å²) in [4.78, 5) is 20.0. The summed E-state index contributed by atoms with van der Waals surface area (Å²) in [7, 11) is 0. The molecule has 0 aromatic rings. The van der Waals surface area contributed by atoms with Gasteiger partial charge in [-0.25, -0.2) is 5.90 Å². The second-order valence-corrected chi connectivity index (χ2v) is 2.55. The predicted octanol–water partition coefficient (Wildman–Crippen LogP) is 0.767. The number of cyclic esters (lactones) is 2. The second kappa shape index (κ2) is 8.89. The SMILES string of the molecule is C=C(C)C.NO.O=C1CCC(=O)O1. The van der Waals surface area contributed by atoms with Crippen LogP contribution in [-0.2, 0) is 14.3 Å². The highest BCUT2D eigenvalue weighted by atomic mass is 16.6. The molecular weight excluding hydrogens is 174 g/mol. The highest BCUT2D eigenvalue weighted by Gasteiger charge is 2.19. The third-order valence-electron chi connectivity index (χ3n) is 0.761. The van der Waals surface area contributed by atoms with Gasteiger partial charge in [0.2, 0.25) is 0 Å². The zero-order valence-corrected chi connectivity index (χ0v) is 7.87. The molecule has 0 radical (unpaired) electrons. The smallest absolute Gasteiger partial charge is 0.314 e. The van der Waals surface area contributed by atoms with E-state index in [9.17, 15) is 9.59 Å². The Kier molecular flexibility index (Phi) is 9.80. The molecule has 0 aliphatic carbocycles. The van der Waals surface area contributed by atoms with Crippen LogP contribution in [0, 0.1) is 0 Å². The number of rotatable bonds is 0. The molecule has 0 aromatic heterocycles. The lowest BCUT2D eigenvalue weighted by molar-refractivity contribution is -0.151. The quantitative estimate of drug-likeness (QED) is 0.254. The van der Waals surface area contributed by atoms with E-state index in [-0.39, 0.29) is 12.8 Å². The van der Waals surface area contributed by atoms with E-state index in [1.807, 2.05) is 13.8 Å². The van der Waals surface area contributed by atoms with Gasteiger partial charge in [-0.2, -0.15) is 0 Å². The van der Waals surface area contributed by atoms with Crippen LogP contribution in [0.25, 0.3) is 0 Å². The summed E-state index contributed by atoms with van der Waals surface area (Å²) >= 11 is 0. The summed E-state index contributed by atoms with van der Waals surface area (Å²) in [5, 5.41) is 6.50. The highest BCUT2D eigenvalue weighted by molar-refractivity contribution is 5.92. The first-order valence-electron chi connectivity index (χ1n) is 3.64. The van der Waals surface area contributed by atoms with Crippen molar-refractivity contribution in [3.05, 3.63) is 12.2 Å². The summed E-state index contributed by atoms with van der Waals surface area (Å²) in [6.45, 7) is 7.50. The Morgan fingerprint density at radius 3 is 1.62 bits per heavy atom. The van der Waals surface area contributed by atoms with Crippen molar-refractivity contribution >= 4 is 11.9 Å². The largest absolute Gasteiger partial charge is 0.393 e. The normalized spacial score (nSPS) is 13.2. The van der Waals surface area contributed by atoms with Crippen molar-refractivity contribution in [3.63, 3.8) is 0 Å². The van der Waals surface area contributed by atoms with Gasteiger partial charge in [-0.1, -0.05) is 5.57 Å². The van der Waals surface area contributed by atoms with Gasteiger partial charge in [0.25, 0.3) is 0 Å². The monoisotopic (exact) mass is 189 g/mol. The zero-order chi connectivity index (χ0) is 10.9. The Hall–Kier alpha value is -1.20. The van der Waals surface area contributed by atoms with E-state index in [2.05, 4.69) is 17.2 Å². The Balaban J connectivity index is 0. The van der Waals surface area contributed by atoms with Crippen LogP contribution in [0.4, 0.5) is 0 Å². The van der Waals surface area contributed by atoms with Gasteiger partial charge in [0.1, 0.15) is 0 Å². The lowest BCUT2D eigenvalue weighted by Gasteiger charge is -1.79. The minimum absolute atomic E-state index is 0.263. The van der Waals surface area contributed by atoms with E-state index < -0.39 is 11.9 Å². The topological polar surface area (TPSA) is 89.6 Å². The number of carbonyl (C=O) groups excluding carboxylic acids is 2. The molecule has 1 heterocycles. The molecule has 0 spiro atoms. The Morgan fingerprint density at radius 1 is 1.31 bits per heavy atom. The van der Waals surface area contributed by atoms with Crippen LogP contribution in [0.5, 0.6) is 0 Å². The zero-order valence-electron chi connectivity index (χ0n) is 7.87. The molecule has 0 aromatic carbocycles. The van der Waals surface area contributed by atoms with E-state index in [0.29, 0.717) is 0 Å². The fraction of sp³-hybridized carbons (Fsp3) is 0.500. The third-order valence-corrected chi connectivity index (χ3v) is 0.761. The third kappa shape index (κ3) is 13.7. The van der Waals surface area contributed by atoms with Gasteiger partial charge in [0.05, 0.1) is 12.8 Å². The molecule has 0 bridgehead atoms. The van der Waals surface area contributed by atoms with Crippen molar-refractivity contribution < 1.29 is 19.5 Å². The van der Waals surface area contributed by atoms with Crippen LogP contribution >= 0.6 is 0 Å². The van der Waals surface area contributed by atoms with Crippen LogP contribution in [0.2, 0.25) is 0 Å². The van der Waals surface area contributed by atoms with Crippen molar-refractivity contribution in [2.24, 2.45) is 5.90 Å². The van der Waals surface area contributed by atoms with Gasteiger partial charge in [0.15, 0.2) is 0 Å². The van der Waals surface area contributed by atoms with E-state index in [0.717, 1.165) is 0 Å². The number of hydrogen-bond donors (Lipinski definition) is 2. The molecule has 1 aliphatic rings. The van der Waals surface area contributed by atoms with Crippen molar-refractivity contribution in [1.29, 1.82) is 0 Å². The van der Waals surface area contributed by atoms with Crippen molar-refractivity contribution in [1.82, 2.24) is 0 Å². The van der Waals surface area contributed by atoms with Gasteiger partial charge in [-0.15, -0.1) is 6.58 Å². The maximum atomic E-state index is 10.0. The van der Waals surface area contributed by atoms with Crippen LogP contribution in [0.1, 0.15) is 26.7 Å². The Labute approximate surface area is 77.1 Å². The minimum atomic E-state index is -0.398. The standard InChI is InChI=1S/C4H4O3.C4H8.H3NO/c5-3-1-2-4(6)7-3;1-4(2)3;1-2/h1-2H2;1H2,2-3H3;2H,1H2. The second-order valence-electron chi connectivity index (χ2n) is 2.55. The average molecular weight is 189 g/mol. The summed E-state index contributed by atoms with van der Waals surface area (Å²) in [5.41, 5.74) is 1.17. The molecule has 1 fully saturated rings. The molecule has 5 nitrogen and oxygen atoms in total. The highest BCUT2D eigenvalue weighted by Crippen LogP contribution is 2.03. The van der Waals surface area contributed by atoms with E-state index in [1.165, 1.54) is 5.57 Å². The number of hydrogen-bond acceptors (Lipinski definition) is 5. The minimum Gasteiger partial charge on any atom is -0.393 e. The molecule has 0 atom stereocenters. The molecule has 13 heavy (non-hydrogen) atoms. The van der Waals surface area contributed by atoms with Gasteiger partial charge in [0, 0.05) is 0 Å². The summed E-state index contributed by atoms with van der Waals surface area (Å²) in [6.07, 6.45) is 0.525. The van der Waals surface area contributed by atoms with Gasteiger partial charge in [-0.3, -0.25) is 9.59 Å². The van der Waals surface area contributed by atoms with E-state index in [4.69, 9.17) is 5.21 Å². The molecule has 1 saturated heterocycles. The van der Waals surface area contributed by atoms with Crippen molar-refractivity contribution in [2.75, 3.05) is 0 Å². The first kappa shape index (κ1) is 14.3. The first-order chi connectivity index (χ1) is 6.02. The molecular formula is C8H15NO4. The molecule has 3 N–H and O–H groups in total.